The number of hydrogen-bond donors (Lipinski definition) is 1. The molecule has 2 aliphatic heterocycles. The lowest BCUT2D eigenvalue weighted by Crippen LogP contribution is -2.40. The quantitative estimate of drug-likeness (QED) is 0.730. The van der Waals surface area contributed by atoms with Crippen molar-refractivity contribution in [3.8, 4) is 0 Å². The number of amides is 1. The maximum absolute atomic E-state index is 12.7. The van der Waals surface area contributed by atoms with Crippen LogP contribution in [0.15, 0.2) is 53.4 Å². The highest BCUT2D eigenvalue weighted by atomic mass is 32.2. The van der Waals surface area contributed by atoms with Gasteiger partial charge in [0, 0.05) is 44.0 Å². The Labute approximate surface area is 182 Å². The Morgan fingerprint density at radius 1 is 0.903 bits per heavy atom. The van der Waals surface area contributed by atoms with Crippen LogP contribution in [0.3, 0.4) is 0 Å². The molecule has 0 radical (unpaired) electrons. The van der Waals surface area contributed by atoms with Crippen molar-refractivity contribution >= 4 is 21.6 Å². The van der Waals surface area contributed by atoms with Gasteiger partial charge in [-0.15, -0.1) is 0 Å². The Balaban J connectivity index is 1.40. The maximum Gasteiger partial charge on any atom is 0.255 e. The van der Waals surface area contributed by atoms with Gasteiger partial charge in [0.15, 0.2) is 0 Å². The predicted octanol–water partition coefficient (Wildman–Crippen LogP) is 1.79. The number of hydrogen-bond acceptors (Lipinski definition) is 6. The highest BCUT2D eigenvalue weighted by molar-refractivity contribution is 7.89. The number of nitrogens with zero attached hydrogens (tertiary/aromatic N) is 2. The summed E-state index contributed by atoms with van der Waals surface area (Å²) >= 11 is 0. The molecule has 1 amide bonds. The minimum absolute atomic E-state index is 0.208. The number of anilines is 1. The molecule has 2 aromatic carbocycles. The average Bonchev–Trinajstić information content (AvgIpc) is 2.81. The Kier molecular flexibility index (Phi) is 6.99. The molecule has 0 aliphatic carbocycles. The van der Waals surface area contributed by atoms with Gasteiger partial charge in [0.2, 0.25) is 10.0 Å². The standard InChI is InChI=1S/C22H27N3O5S/c26-22(19-3-1-2-18(16-19)17-24-8-12-29-13-9-24)23-20-4-6-21(7-5-20)31(27,28)25-10-14-30-15-11-25/h1-7,16H,8-15,17H2,(H,23,26). The fourth-order valence-corrected chi connectivity index (χ4v) is 5.09. The van der Waals surface area contributed by atoms with E-state index in [0.29, 0.717) is 37.6 Å². The molecule has 2 aliphatic rings. The number of rotatable bonds is 6. The third kappa shape index (κ3) is 5.50. The zero-order valence-corrected chi connectivity index (χ0v) is 18.1. The van der Waals surface area contributed by atoms with Crippen LogP contribution in [0.4, 0.5) is 5.69 Å². The smallest absolute Gasteiger partial charge is 0.255 e. The molecule has 0 unspecified atom stereocenters. The summed E-state index contributed by atoms with van der Waals surface area (Å²) in [6.45, 7) is 5.51. The van der Waals surface area contributed by atoms with Gasteiger partial charge in [-0.05, 0) is 42.0 Å². The van der Waals surface area contributed by atoms with Gasteiger partial charge in [-0.3, -0.25) is 9.69 Å². The number of ether oxygens (including phenoxy) is 2. The van der Waals surface area contributed by atoms with Crippen LogP contribution in [-0.4, -0.2) is 76.1 Å². The third-order valence-corrected chi connectivity index (χ3v) is 7.33. The van der Waals surface area contributed by atoms with Crippen molar-refractivity contribution in [2.75, 3.05) is 57.9 Å². The molecular formula is C22H27N3O5S. The number of sulfonamides is 1. The molecule has 8 nitrogen and oxygen atoms in total. The van der Waals surface area contributed by atoms with Crippen LogP contribution in [0.25, 0.3) is 0 Å². The molecule has 0 aromatic heterocycles. The van der Waals surface area contributed by atoms with Crippen LogP contribution >= 0.6 is 0 Å². The van der Waals surface area contributed by atoms with E-state index in [-0.39, 0.29) is 10.8 Å². The summed E-state index contributed by atoms with van der Waals surface area (Å²) in [5, 5.41) is 2.85. The van der Waals surface area contributed by atoms with Crippen molar-refractivity contribution in [2.45, 2.75) is 11.4 Å². The fourth-order valence-electron chi connectivity index (χ4n) is 3.68. The molecule has 166 valence electrons. The van der Waals surface area contributed by atoms with Crippen molar-refractivity contribution in [3.05, 3.63) is 59.7 Å². The van der Waals surface area contributed by atoms with Gasteiger partial charge in [-0.25, -0.2) is 8.42 Å². The second kappa shape index (κ2) is 9.88. The minimum Gasteiger partial charge on any atom is -0.379 e. The van der Waals surface area contributed by atoms with Crippen molar-refractivity contribution in [1.82, 2.24) is 9.21 Å². The summed E-state index contributed by atoms with van der Waals surface area (Å²) in [6, 6.07) is 13.8. The van der Waals surface area contributed by atoms with E-state index in [1.54, 1.807) is 18.2 Å². The van der Waals surface area contributed by atoms with Gasteiger partial charge >= 0.3 is 0 Å². The number of nitrogens with one attached hydrogen (secondary N) is 1. The Morgan fingerprint density at radius 2 is 1.55 bits per heavy atom. The minimum atomic E-state index is -3.55. The average molecular weight is 446 g/mol. The molecule has 2 fully saturated rings. The first-order valence-electron chi connectivity index (χ1n) is 10.4. The van der Waals surface area contributed by atoms with Gasteiger partial charge in [-0.1, -0.05) is 12.1 Å². The monoisotopic (exact) mass is 445 g/mol. The van der Waals surface area contributed by atoms with E-state index in [0.717, 1.165) is 38.4 Å². The molecule has 0 atom stereocenters. The molecular weight excluding hydrogens is 418 g/mol. The molecule has 9 heteroatoms. The predicted molar refractivity (Wildman–Crippen MR) is 117 cm³/mol. The molecule has 0 bridgehead atoms. The second-order valence-corrected chi connectivity index (χ2v) is 9.52. The van der Waals surface area contributed by atoms with Gasteiger partial charge in [0.05, 0.1) is 31.3 Å². The highest BCUT2D eigenvalue weighted by Crippen LogP contribution is 2.20. The van der Waals surface area contributed by atoms with Gasteiger partial charge < -0.3 is 14.8 Å². The van der Waals surface area contributed by atoms with E-state index in [9.17, 15) is 13.2 Å². The fraction of sp³-hybridized carbons (Fsp3) is 0.409. The molecule has 0 spiro atoms. The van der Waals surface area contributed by atoms with Crippen LogP contribution in [0.2, 0.25) is 0 Å². The second-order valence-electron chi connectivity index (χ2n) is 7.58. The maximum atomic E-state index is 12.7. The number of morpholine rings is 2. The Hall–Kier alpha value is -2.30. The summed E-state index contributed by atoms with van der Waals surface area (Å²) in [5.41, 5.74) is 2.18. The van der Waals surface area contributed by atoms with Gasteiger partial charge in [0.25, 0.3) is 5.91 Å². The van der Waals surface area contributed by atoms with Crippen LogP contribution in [0.1, 0.15) is 15.9 Å². The van der Waals surface area contributed by atoms with Gasteiger partial charge in [0.1, 0.15) is 0 Å². The molecule has 2 heterocycles. The highest BCUT2D eigenvalue weighted by Gasteiger charge is 2.26. The first kappa shape index (κ1) is 21.9. The van der Waals surface area contributed by atoms with Crippen LogP contribution in [0.5, 0.6) is 0 Å². The van der Waals surface area contributed by atoms with Crippen LogP contribution < -0.4 is 5.32 Å². The summed E-state index contributed by atoms with van der Waals surface area (Å²) in [7, 11) is -3.55. The molecule has 2 aromatic rings. The van der Waals surface area contributed by atoms with Crippen molar-refractivity contribution in [1.29, 1.82) is 0 Å². The zero-order valence-electron chi connectivity index (χ0n) is 17.3. The van der Waals surface area contributed by atoms with Crippen LogP contribution in [0, 0.1) is 0 Å². The van der Waals surface area contributed by atoms with E-state index in [1.807, 2.05) is 18.2 Å². The van der Waals surface area contributed by atoms with Crippen molar-refractivity contribution in [2.24, 2.45) is 0 Å². The van der Waals surface area contributed by atoms with E-state index >= 15 is 0 Å². The number of carbonyl (C=O) groups is 1. The third-order valence-electron chi connectivity index (χ3n) is 5.42. The number of benzene rings is 2. The summed E-state index contributed by atoms with van der Waals surface area (Å²) in [6.07, 6.45) is 0. The van der Waals surface area contributed by atoms with Crippen LogP contribution in [-0.2, 0) is 26.0 Å². The van der Waals surface area contributed by atoms with Crippen molar-refractivity contribution < 1.29 is 22.7 Å². The summed E-state index contributed by atoms with van der Waals surface area (Å²) in [5.74, 6) is -0.229. The van der Waals surface area contributed by atoms with Gasteiger partial charge in [-0.2, -0.15) is 4.31 Å². The Bertz CT molecular complexity index is 998. The topological polar surface area (TPSA) is 88.2 Å². The van der Waals surface area contributed by atoms with E-state index in [1.165, 1.54) is 16.4 Å². The first-order chi connectivity index (χ1) is 15.0. The molecule has 1 N–H and O–H groups in total. The SMILES string of the molecule is O=C(Nc1ccc(S(=O)(=O)N2CCOCC2)cc1)c1cccc(CN2CCOCC2)c1. The van der Waals surface area contributed by atoms with E-state index in [2.05, 4.69) is 10.2 Å². The lowest BCUT2D eigenvalue weighted by molar-refractivity contribution is 0.0342. The lowest BCUT2D eigenvalue weighted by Gasteiger charge is -2.26. The first-order valence-corrected chi connectivity index (χ1v) is 11.8. The summed E-state index contributed by atoms with van der Waals surface area (Å²) < 4.78 is 37.5. The molecule has 2 saturated heterocycles. The van der Waals surface area contributed by atoms with E-state index in [4.69, 9.17) is 9.47 Å². The number of carbonyl (C=O) groups excluding carboxylic acids is 1. The van der Waals surface area contributed by atoms with E-state index < -0.39 is 10.0 Å². The molecule has 4 rings (SSSR count). The van der Waals surface area contributed by atoms with Crippen molar-refractivity contribution in [3.63, 3.8) is 0 Å². The Morgan fingerprint density at radius 3 is 2.23 bits per heavy atom. The largest absolute Gasteiger partial charge is 0.379 e. The molecule has 0 saturated carbocycles. The summed E-state index contributed by atoms with van der Waals surface area (Å²) in [4.78, 5) is 15.2. The zero-order chi connectivity index (χ0) is 21.7. The lowest BCUT2D eigenvalue weighted by atomic mass is 10.1. The molecule has 31 heavy (non-hydrogen) atoms. The normalized spacial score (nSPS) is 18.6.